The van der Waals surface area contributed by atoms with Crippen molar-refractivity contribution in [2.45, 2.75) is 27.7 Å². The lowest BCUT2D eigenvalue weighted by atomic mass is 10.2. The lowest BCUT2D eigenvalue weighted by molar-refractivity contribution is 0.997. The highest BCUT2D eigenvalue weighted by molar-refractivity contribution is 5.91. The predicted molar refractivity (Wildman–Crippen MR) is 128 cm³/mol. The first-order chi connectivity index (χ1) is 14.7. The highest BCUT2D eigenvalue weighted by atomic mass is 16.1. The van der Waals surface area contributed by atoms with E-state index in [1.807, 2.05) is 64.1 Å². The molecule has 0 aliphatic rings. The maximum atomic E-state index is 12.3. The Bertz CT molecular complexity index is 1070. The van der Waals surface area contributed by atoms with Gasteiger partial charge < -0.3 is 5.32 Å². The van der Waals surface area contributed by atoms with Crippen molar-refractivity contribution >= 4 is 28.0 Å². The molecule has 0 fully saturated rings. The summed E-state index contributed by atoms with van der Waals surface area (Å²) < 4.78 is 0. The van der Waals surface area contributed by atoms with Crippen molar-refractivity contribution in [2.24, 2.45) is 0 Å². The summed E-state index contributed by atoms with van der Waals surface area (Å²) in [6, 6.07) is 9.49. The number of nitrogens with zero attached hydrogens (tertiary/aromatic N) is 3. The normalized spacial score (nSPS) is 10.5. The van der Waals surface area contributed by atoms with E-state index in [1.165, 1.54) is 6.20 Å². The van der Waals surface area contributed by atoms with Crippen LogP contribution in [0.3, 0.4) is 0 Å². The van der Waals surface area contributed by atoms with Crippen LogP contribution in [0.2, 0.25) is 0 Å². The molecule has 1 aromatic carbocycles. The number of para-hydroxylation sites is 1. The minimum absolute atomic E-state index is 0.346. The van der Waals surface area contributed by atoms with Crippen LogP contribution in [0.1, 0.15) is 33.5 Å². The topological polar surface area (TPSA) is 83.6 Å². The maximum absolute atomic E-state index is 12.3. The molecule has 0 bridgehead atoms. The standard InChI is InChI=1S/C20H17N5O.2C2H6/c1-3-5-10-14(9-4-2)18-23-16-13-21-25-20(26)17(16)19(24-18)22-15-11-7-6-8-12-15;2*1-2/h3-13H,1-2H2,(H,25,26)(H,22,23,24);2*1-2H3/b10-5-,14-9+;;. The molecule has 30 heavy (non-hydrogen) atoms. The zero-order chi connectivity index (χ0) is 22.4. The molecule has 156 valence electrons. The van der Waals surface area contributed by atoms with Crippen molar-refractivity contribution in [1.29, 1.82) is 0 Å². The van der Waals surface area contributed by atoms with Gasteiger partial charge in [0.15, 0.2) is 5.82 Å². The number of benzene rings is 1. The van der Waals surface area contributed by atoms with Gasteiger partial charge in [-0.25, -0.2) is 15.1 Å². The minimum Gasteiger partial charge on any atom is -0.339 e. The number of hydrogen-bond donors (Lipinski definition) is 2. The van der Waals surface area contributed by atoms with E-state index in [-0.39, 0.29) is 5.56 Å². The minimum atomic E-state index is -0.358. The molecule has 0 unspecified atom stereocenters. The molecule has 0 saturated carbocycles. The number of nitrogens with one attached hydrogen (secondary N) is 2. The number of aromatic amines is 1. The van der Waals surface area contributed by atoms with Gasteiger partial charge in [0.25, 0.3) is 5.56 Å². The summed E-state index contributed by atoms with van der Waals surface area (Å²) in [5.41, 5.74) is 1.63. The van der Waals surface area contributed by atoms with Crippen LogP contribution in [0.4, 0.5) is 11.5 Å². The van der Waals surface area contributed by atoms with Gasteiger partial charge in [-0.1, -0.05) is 89.4 Å². The van der Waals surface area contributed by atoms with Crippen LogP contribution in [-0.4, -0.2) is 20.2 Å². The third kappa shape index (κ3) is 6.38. The second-order valence-corrected chi connectivity index (χ2v) is 5.30. The van der Waals surface area contributed by atoms with Gasteiger partial charge >= 0.3 is 0 Å². The summed E-state index contributed by atoms with van der Waals surface area (Å²) in [5.74, 6) is 0.850. The van der Waals surface area contributed by atoms with Gasteiger partial charge in [0.1, 0.15) is 16.7 Å². The van der Waals surface area contributed by atoms with Gasteiger partial charge in [-0.2, -0.15) is 5.10 Å². The first kappa shape index (κ1) is 24.2. The van der Waals surface area contributed by atoms with E-state index in [9.17, 15) is 4.79 Å². The van der Waals surface area contributed by atoms with Crippen molar-refractivity contribution in [1.82, 2.24) is 20.2 Å². The highest BCUT2D eigenvalue weighted by Crippen LogP contribution is 2.23. The highest BCUT2D eigenvalue weighted by Gasteiger charge is 2.13. The van der Waals surface area contributed by atoms with Crippen molar-refractivity contribution in [2.75, 3.05) is 5.32 Å². The molecule has 2 N–H and O–H groups in total. The quantitative estimate of drug-likeness (QED) is 0.507. The second kappa shape index (κ2) is 13.4. The third-order valence-corrected chi connectivity index (χ3v) is 3.52. The fraction of sp³-hybridized carbons (Fsp3) is 0.167. The lowest BCUT2D eigenvalue weighted by Crippen LogP contribution is -2.13. The number of H-pyrrole nitrogens is 1. The molecule has 6 nitrogen and oxygen atoms in total. The molecular weight excluding hydrogens is 374 g/mol. The summed E-state index contributed by atoms with van der Waals surface area (Å²) >= 11 is 0. The zero-order valence-electron chi connectivity index (χ0n) is 18.0. The van der Waals surface area contributed by atoms with E-state index in [0.29, 0.717) is 22.5 Å². The van der Waals surface area contributed by atoms with Crippen LogP contribution in [0.15, 0.2) is 84.9 Å². The van der Waals surface area contributed by atoms with E-state index in [4.69, 9.17) is 0 Å². The van der Waals surface area contributed by atoms with E-state index in [1.54, 1.807) is 24.3 Å². The lowest BCUT2D eigenvalue weighted by Gasteiger charge is -2.10. The van der Waals surface area contributed by atoms with E-state index in [0.717, 1.165) is 11.3 Å². The van der Waals surface area contributed by atoms with Gasteiger partial charge in [0.2, 0.25) is 0 Å². The van der Waals surface area contributed by atoms with Gasteiger partial charge in [-0.15, -0.1) is 0 Å². The molecule has 0 radical (unpaired) electrons. The Morgan fingerprint density at radius 3 is 2.37 bits per heavy atom. The van der Waals surface area contributed by atoms with Crippen molar-refractivity contribution in [3.8, 4) is 0 Å². The molecule has 3 aromatic rings. The summed E-state index contributed by atoms with van der Waals surface area (Å²) in [4.78, 5) is 21.3. The smallest absolute Gasteiger partial charge is 0.277 e. The number of rotatable bonds is 6. The Labute approximate surface area is 177 Å². The predicted octanol–water partition coefficient (Wildman–Crippen LogP) is 5.82. The Morgan fingerprint density at radius 1 is 1.03 bits per heavy atom. The summed E-state index contributed by atoms with van der Waals surface area (Å²) in [6.07, 6.45) is 10.2. The second-order valence-electron chi connectivity index (χ2n) is 5.30. The molecule has 0 aliphatic heterocycles. The summed E-state index contributed by atoms with van der Waals surface area (Å²) in [7, 11) is 0. The van der Waals surface area contributed by atoms with Gasteiger partial charge in [0.05, 0.1) is 6.20 Å². The van der Waals surface area contributed by atoms with Gasteiger partial charge in [-0.3, -0.25) is 4.79 Å². The molecule has 2 heterocycles. The Hall–Kier alpha value is -3.80. The first-order valence-corrected chi connectivity index (χ1v) is 9.92. The van der Waals surface area contributed by atoms with Gasteiger partial charge in [0, 0.05) is 11.3 Å². The maximum Gasteiger partial charge on any atom is 0.277 e. The number of anilines is 2. The molecule has 0 saturated heterocycles. The Kier molecular flexibility index (Phi) is 10.8. The Morgan fingerprint density at radius 2 is 1.73 bits per heavy atom. The van der Waals surface area contributed by atoms with Crippen LogP contribution >= 0.6 is 0 Å². The Balaban J connectivity index is 0.00000106. The molecular formula is C24H29N5O. The number of hydrogen-bond acceptors (Lipinski definition) is 5. The largest absolute Gasteiger partial charge is 0.339 e. The van der Waals surface area contributed by atoms with E-state index < -0.39 is 0 Å². The fourth-order valence-electron chi connectivity index (χ4n) is 2.38. The van der Waals surface area contributed by atoms with Crippen LogP contribution < -0.4 is 10.9 Å². The van der Waals surface area contributed by atoms with Crippen molar-refractivity contribution in [3.05, 3.63) is 96.2 Å². The average Bonchev–Trinajstić information content (AvgIpc) is 2.80. The fourth-order valence-corrected chi connectivity index (χ4v) is 2.38. The monoisotopic (exact) mass is 403 g/mol. The SMILES string of the molecule is C=C/C=C\C(=C/C=C)c1nc(Nc2ccccc2)c2c(=O)[nH]ncc2n1.CC.CC. The average molecular weight is 404 g/mol. The van der Waals surface area contributed by atoms with Crippen LogP contribution in [0, 0.1) is 0 Å². The van der Waals surface area contributed by atoms with Crippen molar-refractivity contribution < 1.29 is 0 Å². The van der Waals surface area contributed by atoms with E-state index >= 15 is 0 Å². The number of allylic oxidation sites excluding steroid dienone is 6. The van der Waals surface area contributed by atoms with E-state index in [2.05, 4.69) is 38.6 Å². The van der Waals surface area contributed by atoms with Crippen LogP contribution in [0.25, 0.3) is 16.5 Å². The molecule has 6 heteroatoms. The molecule has 0 spiro atoms. The first-order valence-electron chi connectivity index (χ1n) is 9.92. The van der Waals surface area contributed by atoms with Crippen molar-refractivity contribution in [3.63, 3.8) is 0 Å². The van der Waals surface area contributed by atoms with Crippen LogP contribution in [0.5, 0.6) is 0 Å². The molecule has 0 amide bonds. The number of fused-ring (bicyclic) bond motifs is 1. The van der Waals surface area contributed by atoms with Gasteiger partial charge in [-0.05, 0) is 12.1 Å². The van der Waals surface area contributed by atoms with Crippen LogP contribution in [-0.2, 0) is 0 Å². The molecule has 0 aliphatic carbocycles. The third-order valence-electron chi connectivity index (χ3n) is 3.52. The molecule has 3 rings (SSSR count). The molecule has 2 aromatic heterocycles. The zero-order valence-corrected chi connectivity index (χ0v) is 18.0. The summed E-state index contributed by atoms with van der Waals surface area (Å²) in [6.45, 7) is 15.4. The molecule has 0 atom stereocenters. The summed E-state index contributed by atoms with van der Waals surface area (Å²) in [5, 5.41) is 9.80. The number of aromatic nitrogens is 4.